The van der Waals surface area contributed by atoms with E-state index in [1.54, 1.807) is 55.7 Å². The number of nitrogens with zero attached hydrogens (tertiary/aromatic N) is 1. The lowest BCUT2D eigenvalue weighted by molar-refractivity contribution is -0.118. The standard InChI is InChI=1S/C18H19ClN4O3S/c1-20-18(27)23-21-10-12-7-8-15(16(9-12)25-2)26-11-17(24)22-14-6-4-3-5-13(14)19/h3-10H,11H2,1-2H3,(H,22,24)(H2,20,23,27)/b21-10+. The lowest BCUT2D eigenvalue weighted by Gasteiger charge is -2.12. The largest absolute Gasteiger partial charge is 0.493 e. The molecule has 0 heterocycles. The van der Waals surface area contributed by atoms with Gasteiger partial charge in [0.15, 0.2) is 23.2 Å². The molecule has 0 fully saturated rings. The molecule has 27 heavy (non-hydrogen) atoms. The monoisotopic (exact) mass is 406 g/mol. The Morgan fingerprint density at radius 1 is 1.26 bits per heavy atom. The quantitative estimate of drug-likeness (QED) is 0.372. The highest BCUT2D eigenvalue weighted by molar-refractivity contribution is 7.80. The number of carbonyl (C=O) groups excluding carboxylic acids is 1. The molecule has 0 aromatic heterocycles. The topological polar surface area (TPSA) is 84.0 Å². The second-order valence-electron chi connectivity index (χ2n) is 5.18. The Kier molecular flexibility index (Phi) is 7.84. The van der Waals surface area contributed by atoms with Gasteiger partial charge in [-0.3, -0.25) is 10.2 Å². The van der Waals surface area contributed by atoms with Gasteiger partial charge in [-0.25, -0.2) is 0 Å². The van der Waals surface area contributed by atoms with E-state index in [1.807, 2.05) is 0 Å². The first-order chi connectivity index (χ1) is 13.0. The fourth-order valence-corrected chi connectivity index (χ4v) is 2.23. The highest BCUT2D eigenvalue weighted by Crippen LogP contribution is 2.27. The van der Waals surface area contributed by atoms with Crippen molar-refractivity contribution in [1.29, 1.82) is 0 Å². The molecule has 0 radical (unpaired) electrons. The average molecular weight is 407 g/mol. The Morgan fingerprint density at radius 3 is 2.74 bits per heavy atom. The third-order valence-electron chi connectivity index (χ3n) is 3.30. The van der Waals surface area contributed by atoms with Gasteiger partial charge in [-0.1, -0.05) is 23.7 Å². The summed E-state index contributed by atoms with van der Waals surface area (Å²) >= 11 is 10.9. The van der Waals surface area contributed by atoms with Gasteiger partial charge in [-0.15, -0.1) is 0 Å². The SMILES string of the molecule is CNC(=S)N/N=C/c1ccc(OCC(=O)Nc2ccccc2Cl)c(OC)c1. The van der Waals surface area contributed by atoms with Gasteiger partial charge in [0, 0.05) is 7.05 Å². The van der Waals surface area contributed by atoms with Crippen LogP contribution in [0, 0.1) is 0 Å². The molecule has 1 amide bonds. The van der Waals surface area contributed by atoms with Crippen LogP contribution in [0.25, 0.3) is 0 Å². The Hall–Kier alpha value is -2.84. The van der Waals surface area contributed by atoms with Gasteiger partial charge in [0.2, 0.25) is 0 Å². The number of nitrogens with one attached hydrogen (secondary N) is 3. The van der Waals surface area contributed by atoms with Crippen LogP contribution in [0.4, 0.5) is 5.69 Å². The molecule has 0 aliphatic rings. The molecule has 0 unspecified atom stereocenters. The highest BCUT2D eigenvalue weighted by atomic mass is 35.5. The number of rotatable bonds is 7. The molecule has 0 spiro atoms. The number of halogens is 1. The van der Waals surface area contributed by atoms with Crippen molar-refractivity contribution in [2.45, 2.75) is 0 Å². The minimum absolute atomic E-state index is 0.187. The van der Waals surface area contributed by atoms with Gasteiger partial charge in [0.25, 0.3) is 5.91 Å². The number of hydrazone groups is 1. The minimum Gasteiger partial charge on any atom is -0.493 e. The predicted octanol–water partition coefficient (Wildman–Crippen LogP) is 2.79. The molecular weight excluding hydrogens is 388 g/mol. The molecule has 2 aromatic carbocycles. The summed E-state index contributed by atoms with van der Waals surface area (Å²) < 4.78 is 10.9. The number of thiocarbonyl (C=S) groups is 1. The van der Waals surface area contributed by atoms with Crippen LogP contribution in [0.15, 0.2) is 47.6 Å². The maximum absolute atomic E-state index is 12.1. The summed E-state index contributed by atoms with van der Waals surface area (Å²) in [5.74, 6) is 0.573. The van der Waals surface area contributed by atoms with Crippen molar-refractivity contribution in [3.63, 3.8) is 0 Å². The summed E-state index contributed by atoms with van der Waals surface area (Å²) in [4.78, 5) is 12.1. The van der Waals surface area contributed by atoms with Gasteiger partial charge in [-0.2, -0.15) is 5.10 Å². The van der Waals surface area contributed by atoms with Crippen molar-refractivity contribution in [2.75, 3.05) is 26.1 Å². The fourth-order valence-electron chi connectivity index (χ4n) is 2.00. The van der Waals surface area contributed by atoms with Crippen LogP contribution in [0.2, 0.25) is 5.02 Å². The van der Waals surface area contributed by atoms with Crippen LogP contribution in [0.3, 0.4) is 0 Å². The van der Waals surface area contributed by atoms with Gasteiger partial charge in [-0.05, 0) is 48.1 Å². The summed E-state index contributed by atoms with van der Waals surface area (Å²) in [6, 6.07) is 12.2. The second-order valence-corrected chi connectivity index (χ2v) is 5.99. The molecule has 0 aliphatic heterocycles. The summed E-state index contributed by atoms with van der Waals surface area (Å²) in [5, 5.41) is 10.3. The number of para-hydroxylation sites is 1. The van der Waals surface area contributed by atoms with Crippen LogP contribution >= 0.6 is 23.8 Å². The number of carbonyl (C=O) groups is 1. The first kappa shape index (κ1) is 20.5. The van der Waals surface area contributed by atoms with Crippen molar-refractivity contribution in [3.8, 4) is 11.5 Å². The molecule has 3 N–H and O–H groups in total. The van der Waals surface area contributed by atoms with Crippen LogP contribution in [0.5, 0.6) is 11.5 Å². The van der Waals surface area contributed by atoms with E-state index in [9.17, 15) is 4.79 Å². The number of hydrogen-bond acceptors (Lipinski definition) is 5. The molecule has 2 rings (SSSR count). The predicted molar refractivity (Wildman–Crippen MR) is 111 cm³/mol. The zero-order chi connectivity index (χ0) is 19.6. The van der Waals surface area contributed by atoms with Crippen molar-refractivity contribution in [2.24, 2.45) is 5.10 Å². The third kappa shape index (κ3) is 6.43. The summed E-state index contributed by atoms with van der Waals surface area (Å²) in [5.41, 5.74) is 3.95. The normalized spacial score (nSPS) is 10.3. The molecule has 2 aromatic rings. The van der Waals surface area contributed by atoms with E-state index >= 15 is 0 Å². The van der Waals surface area contributed by atoms with E-state index < -0.39 is 0 Å². The number of amides is 1. The van der Waals surface area contributed by atoms with Crippen molar-refractivity contribution < 1.29 is 14.3 Å². The third-order valence-corrected chi connectivity index (χ3v) is 3.93. The first-order valence-corrected chi connectivity index (χ1v) is 8.68. The van der Waals surface area contributed by atoms with Crippen LogP contribution in [-0.4, -0.2) is 38.0 Å². The lowest BCUT2D eigenvalue weighted by atomic mass is 10.2. The molecule has 9 heteroatoms. The first-order valence-electron chi connectivity index (χ1n) is 7.89. The van der Waals surface area contributed by atoms with Gasteiger partial charge < -0.3 is 20.1 Å². The number of methoxy groups -OCH3 is 1. The number of hydrogen-bond donors (Lipinski definition) is 3. The smallest absolute Gasteiger partial charge is 0.262 e. The van der Waals surface area contributed by atoms with Crippen LogP contribution in [-0.2, 0) is 4.79 Å². The maximum atomic E-state index is 12.1. The lowest BCUT2D eigenvalue weighted by Crippen LogP contribution is -2.28. The molecule has 0 saturated carbocycles. The molecule has 0 aliphatic carbocycles. The van der Waals surface area contributed by atoms with Gasteiger partial charge >= 0.3 is 0 Å². The van der Waals surface area contributed by atoms with E-state index in [4.69, 9.17) is 33.3 Å². The Balaban J connectivity index is 1.96. The van der Waals surface area contributed by atoms with E-state index in [0.717, 1.165) is 5.56 Å². The van der Waals surface area contributed by atoms with Crippen LogP contribution < -0.4 is 25.5 Å². The zero-order valence-electron chi connectivity index (χ0n) is 14.8. The maximum Gasteiger partial charge on any atom is 0.262 e. The van der Waals surface area contributed by atoms with E-state index in [-0.39, 0.29) is 12.5 Å². The number of ether oxygens (including phenoxy) is 2. The van der Waals surface area contributed by atoms with Crippen molar-refractivity contribution in [3.05, 3.63) is 53.1 Å². The summed E-state index contributed by atoms with van der Waals surface area (Å²) in [6.45, 7) is -0.187. The second kappa shape index (κ2) is 10.3. The van der Waals surface area contributed by atoms with E-state index in [1.165, 1.54) is 7.11 Å². The average Bonchev–Trinajstić information content (AvgIpc) is 2.68. The molecule has 0 bridgehead atoms. The Bertz CT molecular complexity index is 845. The molecule has 0 atom stereocenters. The fraction of sp³-hybridized carbons (Fsp3) is 0.167. The number of benzene rings is 2. The summed E-state index contributed by atoms with van der Waals surface area (Å²) in [6.07, 6.45) is 1.58. The Morgan fingerprint density at radius 2 is 2.04 bits per heavy atom. The Labute approximate surface area is 167 Å². The summed E-state index contributed by atoms with van der Waals surface area (Å²) in [7, 11) is 3.21. The molecule has 142 valence electrons. The van der Waals surface area contributed by atoms with Crippen LogP contribution in [0.1, 0.15) is 5.56 Å². The van der Waals surface area contributed by atoms with E-state index in [2.05, 4.69) is 21.2 Å². The van der Waals surface area contributed by atoms with Gasteiger partial charge in [0.05, 0.1) is 24.0 Å². The molecular formula is C18H19ClN4O3S. The minimum atomic E-state index is -0.333. The van der Waals surface area contributed by atoms with Crippen molar-refractivity contribution in [1.82, 2.24) is 10.7 Å². The number of anilines is 1. The molecule has 7 nitrogen and oxygen atoms in total. The molecule has 0 saturated heterocycles. The van der Waals surface area contributed by atoms with Crippen molar-refractivity contribution >= 4 is 46.7 Å². The highest BCUT2D eigenvalue weighted by Gasteiger charge is 2.10. The zero-order valence-corrected chi connectivity index (χ0v) is 16.4. The van der Waals surface area contributed by atoms with E-state index in [0.29, 0.717) is 27.3 Å². The van der Waals surface area contributed by atoms with Gasteiger partial charge in [0.1, 0.15) is 0 Å².